The van der Waals surface area contributed by atoms with E-state index >= 15 is 0 Å². The van der Waals surface area contributed by atoms with Crippen molar-refractivity contribution in [1.29, 1.82) is 0 Å². The molecule has 50 heavy (non-hydrogen) atoms. The molecular formula is C43H64N2O5. The third-order valence-electron chi connectivity index (χ3n) is 8.14. The Morgan fingerprint density at radius 3 is 1.92 bits per heavy atom. The summed E-state index contributed by atoms with van der Waals surface area (Å²) in [4.78, 5) is 36.9. The van der Waals surface area contributed by atoms with Crippen LogP contribution in [0.25, 0.3) is 0 Å². The van der Waals surface area contributed by atoms with Crippen LogP contribution in [0.2, 0.25) is 0 Å². The van der Waals surface area contributed by atoms with Crippen molar-refractivity contribution in [1.82, 2.24) is 10.6 Å². The van der Waals surface area contributed by atoms with Crippen molar-refractivity contribution in [3.05, 3.63) is 102 Å². The molecule has 0 aliphatic rings. The average Bonchev–Trinajstić information content (AvgIpc) is 3.08. The van der Waals surface area contributed by atoms with Crippen LogP contribution in [-0.2, 0) is 14.4 Å². The highest BCUT2D eigenvalue weighted by Crippen LogP contribution is 2.25. The van der Waals surface area contributed by atoms with Gasteiger partial charge in [-0.15, -0.1) is 0 Å². The highest BCUT2D eigenvalue weighted by molar-refractivity contribution is 5.86. The van der Waals surface area contributed by atoms with Crippen molar-refractivity contribution < 1.29 is 24.2 Å². The van der Waals surface area contributed by atoms with Crippen LogP contribution in [0.5, 0.6) is 5.75 Å². The molecule has 2 amide bonds. The maximum atomic E-state index is 12.9. The molecule has 1 rings (SSSR count). The molecule has 3 N–H and O–H groups in total. The van der Waals surface area contributed by atoms with E-state index in [-0.39, 0.29) is 11.8 Å². The number of allylic oxidation sites excluding steroid dienone is 12. The van der Waals surface area contributed by atoms with Crippen LogP contribution >= 0.6 is 0 Å². The van der Waals surface area contributed by atoms with Crippen molar-refractivity contribution in [2.24, 2.45) is 5.41 Å². The normalized spacial score (nSPS) is 13.1. The fourth-order valence-electron chi connectivity index (χ4n) is 4.93. The predicted molar refractivity (Wildman–Crippen MR) is 208 cm³/mol. The first-order valence-corrected chi connectivity index (χ1v) is 18.5. The van der Waals surface area contributed by atoms with E-state index in [0.29, 0.717) is 58.1 Å². The van der Waals surface area contributed by atoms with E-state index in [1.807, 2.05) is 52.0 Å². The fourth-order valence-corrected chi connectivity index (χ4v) is 4.93. The first-order chi connectivity index (χ1) is 24.1. The van der Waals surface area contributed by atoms with E-state index in [9.17, 15) is 19.5 Å². The first-order valence-electron chi connectivity index (χ1n) is 18.5. The van der Waals surface area contributed by atoms with Crippen molar-refractivity contribution in [2.75, 3.05) is 13.2 Å². The third kappa shape index (κ3) is 22.5. The van der Waals surface area contributed by atoms with Gasteiger partial charge in [-0.2, -0.15) is 0 Å². The Kier molecular flexibility index (Phi) is 24.3. The summed E-state index contributed by atoms with van der Waals surface area (Å²) in [5.74, 6) is -0.498. The van der Waals surface area contributed by atoms with E-state index in [1.165, 1.54) is 0 Å². The maximum Gasteiger partial charge on any atom is 0.326 e. The zero-order valence-corrected chi connectivity index (χ0v) is 31.4. The molecule has 0 aliphatic carbocycles. The number of aliphatic carboxylic acids is 1. The molecule has 1 atom stereocenters. The number of benzene rings is 1. The Morgan fingerprint density at radius 2 is 1.36 bits per heavy atom. The van der Waals surface area contributed by atoms with Crippen LogP contribution in [0.1, 0.15) is 115 Å². The van der Waals surface area contributed by atoms with Gasteiger partial charge in [-0.05, 0) is 108 Å². The van der Waals surface area contributed by atoms with Gasteiger partial charge in [0.2, 0.25) is 11.8 Å². The largest absolute Gasteiger partial charge is 0.493 e. The van der Waals surface area contributed by atoms with Gasteiger partial charge in [0.15, 0.2) is 0 Å². The SMILES string of the molecule is CCC=CCC=CCC=CCC=CCC=CCC=CCCC(=O)NCCCCC(NC(=O)C(C)(C)CCCOc1cc(C)ccc1C)C(=O)O. The number of carboxylic acid groups (broad SMARTS) is 1. The Morgan fingerprint density at radius 1 is 0.800 bits per heavy atom. The zero-order chi connectivity index (χ0) is 36.9. The first kappa shape index (κ1) is 43.9. The molecule has 0 aliphatic heterocycles. The quantitative estimate of drug-likeness (QED) is 0.0631. The summed E-state index contributed by atoms with van der Waals surface area (Å²) in [5.41, 5.74) is 1.47. The van der Waals surface area contributed by atoms with Gasteiger partial charge in [-0.25, -0.2) is 4.79 Å². The monoisotopic (exact) mass is 688 g/mol. The minimum absolute atomic E-state index is 0.0177. The summed E-state index contributed by atoms with van der Waals surface area (Å²) >= 11 is 0. The molecule has 0 radical (unpaired) electrons. The third-order valence-corrected chi connectivity index (χ3v) is 8.14. The van der Waals surface area contributed by atoms with E-state index in [1.54, 1.807) is 0 Å². The minimum Gasteiger partial charge on any atom is -0.493 e. The Labute approximate surface area is 302 Å². The molecule has 0 fully saturated rings. The lowest BCUT2D eigenvalue weighted by Crippen LogP contribution is -2.46. The Balaban J connectivity index is 2.15. The van der Waals surface area contributed by atoms with Gasteiger partial charge in [0.25, 0.3) is 0 Å². The smallest absolute Gasteiger partial charge is 0.326 e. The average molecular weight is 689 g/mol. The van der Waals surface area contributed by atoms with Crippen molar-refractivity contribution in [3.8, 4) is 5.75 Å². The number of carbonyl (C=O) groups excluding carboxylic acids is 2. The van der Waals surface area contributed by atoms with Gasteiger partial charge >= 0.3 is 5.97 Å². The van der Waals surface area contributed by atoms with E-state index < -0.39 is 17.4 Å². The molecular weight excluding hydrogens is 624 g/mol. The van der Waals surface area contributed by atoms with E-state index in [0.717, 1.165) is 55.4 Å². The number of carbonyl (C=O) groups is 3. The number of hydrogen-bond acceptors (Lipinski definition) is 4. The zero-order valence-electron chi connectivity index (χ0n) is 31.4. The Hall–Kier alpha value is -4.13. The topological polar surface area (TPSA) is 105 Å². The van der Waals surface area contributed by atoms with Gasteiger partial charge in [-0.3, -0.25) is 9.59 Å². The van der Waals surface area contributed by atoms with Crippen LogP contribution in [0.15, 0.2) is 91.1 Å². The number of aryl methyl sites for hydroxylation is 2. The lowest BCUT2D eigenvalue weighted by molar-refractivity contribution is -0.143. The van der Waals surface area contributed by atoms with Gasteiger partial charge in [0, 0.05) is 18.4 Å². The van der Waals surface area contributed by atoms with Crippen molar-refractivity contribution in [3.63, 3.8) is 0 Å². The number of rotatable bonds is 27. The van der Waals surface area contributed by atoms with Gasteiger partial charge < -0.3 is 20.5 Å². The summed E-state index contributed by atoms with van der Waals surface area (Å²) in [6.07, 6.45) is 35.6. The van der Waals surface area contributed by atoms with E-state index in [4.69, 9.17) is 4.74 Å². The van der Waals surface area contributed by atoms with Crippen LogP contribution in [0, 0.1) is 19.3 Å². The van der Waals surface area contributed by atoms with Crippen molar-refractivity contribution >= 4 is 17.8 Å². The Bertz CT molecular complexity index is 1300. The molecule has 1 aromatic carbocycles. The molecule has 0 heterocycles. The molecule has 0 saturated heterocycles. The van der Waals surface area contributed by atoms with Gasteiger partial charge in [0.05, 0.1) is 6.61 Å². The molecule has 7 heteroatoms. The van der Waals surface area contributed by atoms with Crippen molar-refractivity contribution in [2.45, 2.75) is 124 Å². The lowest BCUT2D eigenvalue weighted by atomic mass is 9.86. The molecule has 276 valence electrons. The summed E-state index contributed by atoms with van der Waals surface area (Å²) in [5, 5.41) is 15.3. The summed E-state index contributed by atoms with van der Waals surface area (Å²) in [6.45, 7) is 10.8. The molecule has 7 nitrogen and oxygen atoms in total. The standard InChI is InChI=1S/C43H64N2O5/c1-6-7-8-9-10-11-12-13-14-15-16-17-18-19-20-21-22-23-24-29-40(46)44-33-26-25-28-38(41(47)48)45-42(49)43(4,5)32-27-34-50-39-35-36(2)30-31-37(39)3/h7-8,10-11,13-14,16-17,19-20,22-23,30-31,35,38H,6,9,12,15,18,21,24-29,32-34H2,1-5H3,(H,44,46)(H,45,49)(H,47,48). The second-order valence-corrected chi connectivity index (χ2v) is 13.3. The van der Waals surface area contributed by atoms with Crippen LogP contribution < -0.4 is 15.4 Å². The second-order valence-electron chi connectivity index (χ2n) is 13.3. The molecule has 0 aromatic heterocycles. The van der Waals surface area contributed by atoms with Crippen LogP contribution in [-0.4, -0.2) is 42.1 Å². The molecule has 0 spiro atoms. The van der Waals surface area contributed by atoms with Gasteiger partial charge in [-0.1, -0.05) is 106 Å². The summed E-state index contributed by atoms with van der Waals surface area (Å²) in [6, 6.07) is 5.11. The van der Waals surface area contributed by atoms with E-state index in [2.05, 4.69) is 84.4 Å². The molecule has 0 saturated carbocycles. The molecule has 1 aromatic rings. The van der Waals surface area contributed by atoms with Crippen LogP contribution in [0.3, 0.4) is 0 Å². The maximum absolute atomic E-state index is 12.9. The number of ether oxygens (including phenoxy) is 1. The summed E-state index contributed by atoms with van der Waals surface area (Å²) < 4.78 is 5.91. The lowest BCUT2D eigenvalue weighted by Gasteiger charge is -2.26. The number of unbranched alkanes of at least 4 members (excludes halogenated alkanes) is 1. The number of nitrogens with one attached hydrogen (secondary N) is 2. The van der Waals surface area contributed by atoms with Crippen LogP contribution in [0.4, 0.5) is 0 Å². The fraction of sp³-hybridized carbons (Fsp3) is 0.512. The highest BCUT2D eigenvalue weighted by Gasteiger charge is 2.30. The van der Waals surface area contributed by atoms with Gasteiger partial charge in [0.1, 0.15) is 11.8 Å². The molecule has 1 unspecified atom stereocenters. The summed E-state index contributed by atoms with van der Waals surface area (Å²) in [7, 11) is 0. The molecule has 0 bridgehead atoms. The highest BCUT2D eigenvalue weighted by atomic mass is 16.5. The minimum atomic E-state index is -1.05. The predicted octanol–water partition coefficient (Wildman–Crippen LogP) is 9.82. The number of carboxylic acids is 1. The second kappa shape index (κ2) is 27.7. The number of amides is 2. The number of hydrogen-bond donors (Lipinski definition) is 3.